The van der Waals surface area contributed by atoms with Crippen LogP contribution in [-0.4, -0.2) is 44.2 Å². The van der Waals surface area contributed by atoms with Crippen LogP contribution >= 0.6 is 0 Å². The number of hydrogen-bond donors (Lipinski definition) is 2. The first-order chi connectivity index (χ1) is 11.8. The Kier molecular flexibility index (Phi) is 4.73. The monoisotopic (exact) mass is 366 g/mol. The van der Waals surface area contributed by atoms with Crippen LogP contribution in [0.15, 0.2) is 18.2 Å². The van der Waals surface area contributed by atoms with Gasteiger partial charge in [0.05, 0.1) is 17.9 Å². The molecule has 136 valence electrons. The van der Waals surface area contributed by atoms with Crippen LogP contribution in [0, 0.1) is 5.92 Å². The molecule has 1 aliphatic heterocycles. The number of rotatable bonds is 4. The summed E-state index contributed by atoms with van der Waals surface area (Å²) in [6, 6.07) is 4.92. The summed E-state index contributed by atoms with van der Waals surface area (Å²) in [5.41, 5.74) is 1.96. The molecule has 2 aliphatic rings. The van der Waals surface area contributed by atoms with Gasteiger partial charge in [0, 0.05) is 18.2 Å². The molecule has 8 heteroatoms. The Bertz CT molecular complexity index is 805. The number of benzene rings is 1. The summed E-state index contributed by atoms with van der Waals surface area (Å²) in [6.07, 6.45) is 4.32. The van der Waals surface area contributed by atoms with Gasteiger partial charge in [-0.2, -0.15) is 0 Å². The molecule has 1 saturated carbocycles. The Morgan fingerprint density at radius 1 is 1.28 bits per heavy atom. The summed E-state index contributed by atoms with van der Waals surface area (Å²) in [5.74, 6) is -1.45. The second-order valence-electron chi connectivity index (χ2n) is 6.80. The van der Waals surface area contributed by atoms with Gasteiger partial charge < -0.3 is 10.4 Å². The van der Waals surface area contributed by atoms with Gasteiger partial charge >= 0.3 is 5.97 Å². The van der Waals surface area contributed by atoms with Crippen LogP contribution in [0.2, 0.25) is 0 Å². The number of carboxylic acids is 1. The molecule has 2 N–H and O–H groups in total. The first kappa shape index (κ1) is 17.7. The fourth-order valence-electron chi connectivity index (χ4n) is 3.65. The predicted octanol–water partition coefficient (Wildman–Crippen LogP) is 1.38. The molecule has 3 rings (SSSR count). The topological polar surface area (TPSA) is 104 Å². The number of carbonyl (C=O) groups excluding carboxylic acids is 1. The number of carboxylic acid groups (broad SMARTS) is 1. The standard InChI is InChI=1S/C17H22N2O5S/c1-25(23,24)19-8-2-3-11-9-12(5-7-15(11)19)16(20)18-14-6-4-13(10-14)17(21)22/h5,7,9,13-14H,2-4,6,8,10H2,1H3,(H,18,20)(H,21,22)/t13-,14-/m0/s1. The van der Waals surface area contributed by atoms with Crippen molar-refractivity contribution >= 4 is 27.6 Å². The first-order valence-corrected chi connectivity index (χ1v) is 10.2. The third-order valence-corrected chi connectivity index (χ3v) is 6.12. The van der Waals surface area contributed by atoms with E-state index in [9.17, 15) is 18.0 Å². The minimum absolute atomic E-state index is 0.128. The number of aliphatic carboxylic acids is 1. The van der Waals surface area contributed by atoms with Crippen molar-refractivity contribution in [1.29, 1.82) is 0 Å². The molecule has 0 aromatic heterocycles. The van der Waals surface area contributed by atoms with Crippen molar-refractivity contribution in [3.8, 4) is 0 Å². The van der Waals surface area contributed by atoms with Crippen LogP contribution in [0.4, 0.5) is 5.69 Å². The summed E-state index contributed by atoms with van der Waals surface area (Å²) in [7, 11) is -3.33. The van der Waals surface area contributed by atoms with E-state index in [1.54, 1.807) is 18.2 Å². The van der Waals surface area contributed by atoms with E-state index in [-0.39, 0.29) is 11.9 Å². The lowest BCUT2D eigenvalue weighted by Crippen LogP contribution is -2.35. The Hall–Kier alpha value is -2.09. The molecule has 1 aromatic rings. The van der Waals surface area contributed by atoms with Crippen LogP contribution in [0.25, 0.3) is 0 Å². The van der Waals surface area contributed by atoms with E-state index in [0.29, 0.717) is 43.5 Å². The Balaban J connectivity index is 1.74. The molecule has 2 atom stereocenters. The number of amides is 1. The summed E-state index contributed by atoms with van der Waals surface area (Å²) in [5, 5.41) is 11.9. The number of sulfonamides is 1. The molecular weight excluding hydrogens is 344 g/mol. The molecular formula is C17H22N2O5S. The average molecular weight is 366 g/mol. The van der Waals surface area contributed by atoms with Gasteiger partial charge in [0.15, 0.2) is 0 Å². The van der Waals surface area contributed by atoms with Crippen molar-refractivity contribution < 1.29 is 23.1 Å². The maximum Gasteiger partial charge on any atom is 0.306 e. The molecule has 0 spiro atoms. The Morgan fingerprint density at radius 3 is 2.68 bits per heavy atom. The fraction of sp³-hybridized carbons (Fsp3) is 0.529. The number of aryl methyl sites for hydroxylation is 1. The molecule has 1 fully saturated rings. The number of anilines is 1. The zero-order valence-corrected chi connectivity index (χ0v) is 14.9. The van der Waals surface area contributed by atoms with Gasteiger partial charge in [-0.3, -0.25) is 13.9 Å². The van der Waals surface area contributed by atoms with E-state index >= 15 is 0 Å². The zero-order chi connectivity index (χ0) is 18.2. The highest BCUT2D eigenvalue weighted by atomic mass is 32.2. The zero-order valence-electron chi connectivity index (χ0n) is 14.1. The lowest BCUT2D eigenvalue weighted by atomic mass is 10.0. The van der Waals surface area contributed by atoms with Gasteiger partial charge in [-0.15, -0.1) is 0 Å². The van der Waals surface area contributed by atoms with Crippen LogP contribution in [0.5, 0.6) is 0 Å². The Morgan fingerprint density at radius 2 is 2.04 bits per heavy atom. The number of fused-ring (bicyclic) bond motifs is 1. The van der Waals surface area contributed by atoms with Crippen LogP contribution in [0.1, 0.15) is 41.6 Å². The molecule has 0 bridgehead atoms. The summed E-state index contributed by atoms with van der Waals surface area (Å²) in [4.78, 5) is 23.5. The predicted molar refractivity (Wildman–Crippen MR) is 93.2 cm³/mol. The quantitative estimate of drug-likeness (QED) is 0.838. The number of nitrogens with one attached hydrogen (secondary N) is 1. The number of nitrogens with zero attached hydrogens (tertiary/aromatic N) is 1. The SMILES string of the molecule is CS(=O)(=O)N1CCCc2cc(C(=O)N[C@H]3CC[C@H](C(=O)O)C3)ccc21. The molecule has 0 radical (unpaired) electrons. The molecule has 1 aromatic carbocycles. The second kappa shape index (κ2) is 6.67. The van der Waals surface area contributed by atoms with Gasteiger partial charge in [0.25, 0.3) is 5.91 Å². The van der Waals surface area contributed by atoms with Crippen molar-refractivity contribution in [1.82, 2.24) is 5.32 Å². The van der Waals surface area contributed by atoms with Gasteiger partial charge in [-0.25, -0.2) is 8.42 Å². The third-order valence-electron chi connectivity index (χ3n) is 4.94. The highest BCUT2D eigenvalue weighted by Crippen LogP contribution is 2.30. The molecule has 1 heterocycles. The van der Waals surface area contributed by atoms with E-state index in [1.165, 1.54) is 10.6 Å². The normalized spacial score (nSPS) is 23.2. The largest absolute Gasteiger partial charge is 0.481 e. The van der Waals surface area contributed by atoms with Crippen molar-refractivity contribution in [3.05, 3.63) is 29.3 Å². The van der Waals surface area contributed by atoms with E-state index in [1.807, 2.05) is 0 Å². The van der Waals surface area contributed by atoms with E-state index in [4.69, 9.17) is 5.11 Å². The van der Waals surface area contributed by atoms with Crippen molar-refractivity contribution in [2.24, 2.45) is 5.92 Å². The third kappa shape index (κ3) is 3.78. The van der Waals surface area contributed by atoms with Crippen molar-refractivity contribution in [2.75, 3.05) is 17.1 Å². The van der Waals surface area contributed by atoms with E-state index in [0.717, 1.165) is 12.0 Å². The maximum absolute atomic E-state index is 12.5. The number of carbonyl (C=O) groups is 2. The second-order valence-corrected chi connectivity index (χ2v) is 8.71. The molecule has 1 aliphatic carbocycles. The maximum atomic E-state index is 12.5. The highest BCUT2D eigenvalue weighted by molar-refractivity contribution is 7.92. The van der Waals surface area contributed by atoms with Gasteiger partial charge in [-0.1, -0.05) is 0 Å². The lowest BCUT2D eigenvalue weighted by molar-refractivity contribution is -0.141. The first-order valence-electron chi connectivity index (χ1n) is 8.40. The molecule has 25 heavy (non-hydrogen) atoms. The van der Waals surface area contributed by atoms with Crippen molar-refractivity contribution in [2.45, 2.75) is 38.1 Å². The summed E-state index contributed by atoms with van der Waals surface area (Å²) < 4.78 is 25.1. The van der Waals surface area contributed by atoms with Crippen LogP contribution in [0.3, 0.4) is 0 Å². The molecule has 1 amide bonds. The highest BCUT2D eigenvalue weighted by Gasteiger charge is 2.31. The van der Waals surface area contributed by atoms with Gasteiger partial charge in [0.2, 0.25) is 10.0 Å². The Labute approximate surface area is 147 Å². The van der Waals surface area contributed by atoms with E-state index in [2.05, 4.69) is 5.32 Å². The van der Waals surface area contributed by atoms with Crippen LogP contribution in [-0.2, 0) is 21.2 Å². The number of hydrogen-bond acceptors (Lipinski definition) is 4. The smallest absolute Gasteiger partial charge is 0.306 e. The summed E-state index contributed by atoms with van der Waals surface area (Å²) in [6.45, 7) is 0.454. The van der Waals surface area contributed by atoms with E-state index < -0.39 is 21.9 Å². The van der Waals surface area contributed by atoms with Gasteiger partial charge in [0.1, 0.15) is 0 Å². The minimum atomic E-state index is -3.33. The molecule has 0 saturated heterocycles. The molecule has 0 unspecified atom stereocenters. The molecule has 7 nitrogen and oxygen atoms in total. The van der Waals surface area contributed by atoms with Crippen molar-refractivity contribution in [3.63, 3.8) is 0 Å². The summed E-state index contributed by atoms with van der Waals surface area (Å²) >= 11 is 0. The average Bonchev–Trinajstić information content (AvgIpc) is 3.01. The minimum Gasteiger partial charge on any atom is -0.481 e. The fourth-order valence-corrected chi connectivity index (χ4v) is 4.65. The lowest BCUT2D eigenvalue weighted by Gasteiger charge is -2.29. The van der Waals surface area contributed by atoms with Gasteiger partial charge in [-0.05, 0) is 55.9 Å². The van der Waals surface area contributed by atoms with Crippen LogP contribution < -0.4 is 9.62 Å².